The summed E-state index contributed by atoms with van der Waals surface area (Å²) in [5.41, 5.74) is -1.63. The fraction of sp³-hybridized carbons (Fsp3) is 0.222. The number of nitrogens with zero attached hydrogens (tertiary/aromatic N) is 3. The largest absolute Gasteiger partial charge is 0.417 e. The minimum atomic E-state index is -4.65. The highest BCUT2D eigenvalue weighted by atomic mass is 35.5. The summed E-state index contributed by atoms with van der Waals surface area (Å²) in [6.45, 7) is 1.47. The first-order valence-corrected chi connectivity index (χ1v) is 8.55. The number of nitrogens with one attached hydrogen (secondary N) is 1. The SMILES string of the molecule is CC(CNC(=O)c1ccccc1C(F)(F)F)n1nnc2ccc(Cl)cc2c1=O. The zero-order valence-electron chi connectivity index (χ0n) is 14.5. The van der Waals surface area contributed by atoms with Crippen molar-refractivity contribution in [1.29, 1.82) is 0 Å². The van der Waals surface area contributed by atoms with Crippen molar-refractivity contribution in [3.8, 4) is 0 Å². The van der Waals surface area contributed by atoms with Crippen LogP contribution in [0.25, 0.3) is 10.9 Å². The van der Waals surface area contributed by atoms with Crippen molar-refractivity contribution in [2.75, 3.05) is 6.54 Å². The molecule has 1 unspecified atom stereocenters. The molecule has 0 radical (unpaired) electrons. The van der Waals surface area contributed by atoms with Gasteiger partial charge in [0.15, 0.2) is 0 Å². The molecule has 1 aromatic heterocycles. The lowest BCUT2D eigenvalue weighted by molar-refractivity contribution is -0.137. The van der Waals surface area contributed by atoms with E-state index in [0.29, 0.717) is 10.5 Å². The summed E-state index contributed by atoms with van der Waals surface area (Å²) in [7, 11) is 0. The Morgan fingerprint density at radius 3 is 2.68 bits per heavy atom. The molecule has 0 bridgehead atoms. The van der Waals surface area contributed by atoms with Crippen molar-refractivity contribution in [2.24, 2.45) is 0 Å². The Labute approximate surface area is 161 Å². The van der Waals surface area contributed by atoms with E-state index in [4.69, 9.17) is 11.6 Å². The van der Waals surface area contributed by atoms with Gasteiger partial charge in [0.25, 0.3) is 11.5 Å². The minimum Gasteiger partial charge on any atom is -0.350 e. The molecule has 0 fully saturated rings. The van der Waals surface area contributed by atoms with Gasteiger partial charge < -0.3 is 5.32 Å². The molecule has 0 saturated heterocycles. The van der Waals surface area contributed by atoms with Crippen LogP contribution in [-0.4, -0.2) is 27.4 Å². The van der Waals surface area contributed by atoms with Gasteiger partial charge in [0.05, 0.1) is 22.6 Å². The summed E-state index contributed by atoms with van der Waals surface area (Å²) in [6.07, 6.45) is -4.65. The summed E-state index contributed by atoms with van der Waals surface area (Å²) >= 11 is 5.90. The van der Waals surface area contributed by atoms with Crippen LogP contribution in [0.5, 0.6) is 0 Å². The van der Waals surface area contributed by atoms with Gasteiger partial charge >= 0.3 is 6.18 Å². The van der Waals surface area contributed by atoms with Gasteiger partial charge in [0.2, 0.25) is 0 Å². The molecule has 2 aromatic carbocycles. The Hall–Kier alpha value is -2.94. The molecule has 1 heterocycles. The van der Waals surface area contributed by atoms with Crippen LogP contribution in [0.15, 0.2) is 47.3 Å². The predicted molar refractivity (Wildman–Crippen MR) is 97.3 cm³/mol. The van der Waals surface area contributed by atoms with Gasteiger partial charge in [-0.15, -0.1) is 5.10 Å². The van der Waals surface area contributed by atoms with E-state index in [1.165, 1.54) is 18.2 Å². The first-order chi connectivity index (χ1) is 13.2. The molecule has 0 spiro atoms. The molecule has 146 valence electrons. The minimum absolute atomic E-state index is 0.119. The van der Waals surface area contributed by atoms with E-state index in [2.05, 4.69) is 15.6 Å². The third-order valence-electron chi connectivity index (χ3n) is 4.10. The Balaban J connectivity index is 1.81. The second kappa shape index (κ2) is 7.59. The van der Waals surface area contributed by atoms with Gasteiger partial charge in [-0.25, -0.2) is 4.68 Å². The number of aromatic nitrogens is 3. The molecule has 10 heteroatoms. The van der Waals surface area contributed by atoms with E-state index in [0.717, 1.165) is 16.8 Å². The van der Waals surface area contributed by atoms with Crippen LogP contribution in [0.4, 0.5) is 13.2 Å². The number of alkyl halides is 3. The van der Waals surface area contributed by atoms with Crippen LogP contribution < -0.4 is 10.9 Å². The van der Waals surface area contributed by atoms with Gasteiger partial charge in [0.1, 0.15) is 5.52 Å². The van der Waals surface area contributed by atoms with Crippen LogP contribution in [0.3, 0.4) is 0 Å². The molecular formula is C18H14ClF3N4O2. The molecule has 1 N–H and O–H groups in total. The normalized spacial score (nSPS) is 12.8. The molecule has 1 amide bonds. The van der Waals surface area contributed by atoms with E-state index in [9.17, 15) is 22.8 Å². The van der Waals surface area contributed by atoms with Crippen LogP contribution in [-0.2, 0) is 6.18 Å². The second-order valence-corrected chi connectivity index (χ2v) is 6.54. The average molecular weight is 411 g/mol. The number of hydrogen-bond acceptors (Lipinski definition) is 4. The Bertz CT molecular complexity index is 1100. The molecule has 28 heavy (non-hydrogen) atoms. The smallest absolute Gasteiger partial charge is 0.350 e. The van der Waals surface area contributed by atoms with Crippen molar-refractivity contribution in [2.45, 2.75) is 19.1 Å². The van der Waals surface area contributed by atoms with E-state index < -0.39 is 34.8 Å². The Kier molecular flexibility index (Phi) is 5.37. The lowest BCUT2D eigenvalue weighted by atomic mass is 10.1. The molecular weight excluding hydrogens is 397 g/mol. The summed E-state index contributed by atoms with van der Waals surface area (Å²) in [6, 6.07) is 8.41. The van der Waals surface area contributed by atoms with E-state index in [-0.39, 0.29) is 11.9 Å². The number of amides is 1. The summed E-state index contributed by atoms with van der Waals surface area (Å²) in [5, 5.41) is 10.8. The van der Waals surface area contributed by atoms with Crippen molar-refractivity contribution in [3.63, 3.8) is 0 Å². The van der Waals surface area contributed by atoms with Crippen molar-refractivity contribution < 1.29 is 18.0 Å². The lowest BCUT2D eigenvalue weighted by Gasteiger charge is -2.16. The fourth-order valence-electron chi connectivity index (χ4n) is 2.67. The maximum atomic E-state index is 13.1. The van der Waals surface area contributed by atoms with Crippen LogP contribution in [0, 0.1) is 0 Å². The van der Waals surface area contributed by atoms with Crippen LogP contribution in [0.2, 0.25) is 5.02 Å². The van der Waals surface area contributed by atoms with Gasteiger partial charge in [-0.2, -0.15) is 13.2 Å². The Morgan fingerprint density at radius 2 is 1.96 bits per heavy atom. The molecule has 0 aliphatic heterocycles. The van der Waals surface area contributed by atoms with Gasteiger partial charge in [-0.3, -0.25) is 9.59 Å². The van der Waals surface area contributed by atoms with Crippen molar-refractivity contribution >= 4 is 28.4 Å². The number of rotatable bonds is 4. The predicted octanol–water partition coefficient (Wildman–Crippen LogP) is 3.45. The summed E-state index contributed by atoms with van der Waals surface area (Å²) in [4.78, 5) is 24.8. The second-order valence-electron chi connectivity index (χ2n) is 6.10. The average Bonchev–Trinajstić information content (AvgIpc) is 2.66. The number of fused-ring (bicyclic) bond motifs is 1. The molecule has 6 nitrogen and oxygen atoms in total. The highest BCUT2D eigenvalue weighted by Crippen LogP contribution is 2.31. The molecule has 1 atom stereocenters. The zero-order valence-corrected chi connectivity index (χ0v) is 15.3. The maximum Gasteiger partial charge on any atom is 0.417 e. The highest BCUT2D eigenvalue weighted by molar-refractivity contribution is 6.31. The van der Waals surface area contributed by atoms with E-state index in [1.807, 2.05) is 0 Å². The standard InChI is InChI=1S/C18H14ClF3N4O2/c1-10(26-17(28)13-8-11(19)6-7-15(13)24-25-26)9-23-16(27)12-4-2-3-5-14(12)18(20,21)22/h2-8,10H,9H2,1H3,(H,23,27). The third kappa shape index (κ3) is 3.99. The maximum absolute atomic E-state index is 13.1. The number of carbonyl (C=O) groups is 1. The monoisotopic (exact) mass is 410 g/mol. The summed E-state index contributed by atoms with van der Waals surface area (Å²) < 4.78 is 40.2. The van der Waals surface area contributed by atoms with E-state index in [1.54, 1.807) is 19.1 Å². The fourth-order valence-corrected chi connectivity index (χ4v) is 2.84. The Morgan fingerprint density at radius 1 is 1.25 bits per heavy atom. The topological polar surface area (TPSA) is 76.9 Å². The third-order valence-corrected chi connectivity index (χ3v) is 4.33. The molecule has 0 aliphatic carbocycles. The van der Waals surface area contributed by atoms with Crippen molar-refractivity contribution in [3.05, 3.63) is 69.0 Å². The molecule has 3 aromatic rings. The highest BCUT2D eigenvalue weighted by Gasteiger charge is 2.34. The van der Waals surface area contributed by atoms with Crippen molar-refractivity contribution in [1.82, 2.24) is 20.3 Å². The zero-order chi connectivity index (χ0) is 20.5. The molecule has 0 saturated carbocycles. The van der Waals surface area contributed by atoms with Crippen LogP contribution in [0.1, 0.15) is 28.9 Å². The van der Waals surface area contributed by atoms with Crippen LogP contribution >= 0.6 is 11.6 Å². The number of halogens is 4. The van der Waals surface area contributed by atoms with E-state index >= 15 is 0 Å². The molecule has 3 rings (SSSR count). The first-order valence-electron chi connectivity index (χ1n) is 8.17. The quantitative estimate of drug-likeness (QED) is 0.714. The lowest BCUT2D eigenvalue weighted by Crippen LogP contribution is -2.36. The number of carbonyl (C=O) groups excluding carboxylic acids is 1. The summed E-state index contributed by atoms with van der Waals surface area (Å²) in [5.74, 6) is -0.899. The van der Waals surface area contributed by atoms with Gasteiger partial charge in [-0.05, 0) is 37.3 Å². The number of benzene rings is 2. The first kappa shape index (κ1) is 19.8. The van der Waals surface area contributed by atoms with Gasteiger partial charge in [0, 0.05) is 11.6 Å². The molecule has 0 aliphatic rings. The number of hydrogen-bond donors (Lipinski definition) is 1. The van der Waals surface area contributed by atoms with Gasteiger partial charge in [-0.1, -0.05) is 28.9 Å².